The number of aliphatic hydroxyl groups is 1. The first-order valence-corrected chi connectivity index (χ1v) is 9.97. The van der Waals surface area contributed by atoms with Gasteiger partial charge in [0, 0.05) is 11.1 Å². The molecule has 0 aromatic heterocycles. The fourth-order valence-corrected chi connectivity index (χ4v) is 3.84. The number of benzene rings is 3. The van der Waals surface area contributed by atoms with E-state index in [-0.39, 0.29) is 12.2 Å². The van der Waals surface area contributed by atoms with E-state index in [4.69, 9.17) is 4.74 Å². The maximum atomic E-state index is 13.3. The van der Waals surface area contributed by atoms with Crippen LogP contribution in [0.5, 0.6) is 5.75 Å². The summed E-state index contributed by atoms with van der Waals surface area (Å²) in [6.07, 6.45) is -0.317. The zero-order chi connectivity index (χ0) is 21.1. The normalized spacial score (nSPS) is 17.7. The molecule has 3 aromatic carbocycles. The number of carbonyl (C=O) groups excluding carboxylic acids is 2. The van der Waals surface area contributed by atoms with Crippen LogP contribution >= 0.6 is 0 Å². The summed E-state index contributed by atoms with van der Waals surface area (Å²) in [6.45, 7) is 2.75. The lowest BCUT2D eigenvalue weighted by Crippen LogP contribution is -2.41. The number of ketones is 1. The molecule has 1 N–H and O–H groups in total. The second kappa shape index (κ2) is 8.13. The van der Waals surface area contributed by atoms with Crippen LogP contribution in [0.15, 0.2) is 78.9 Å². The van der Waals surface area contributed by atoms with Gasteiger partial charge in [0.2, 0.25) is 0 Å². The highest BCUT2D eigenvalue weighted by Gasteiger charge is 2.50. The first-order chi connectivity index (χ1) is 14.5. The van der Waals surface area contributed by atoms with Gasteiger partial charge in [-0.15, -0.1) is 0 Å². The zero-order valence-corrected chi connectivity index (χ0v) is 16.7. The molecule has 4 rings (SSSR count). The summed E-state index contributed by atoms with van der Waals surface area (Å²) in [7, 11) is 0. The molecule has 0 aliphatic carbocycles. The van der Waals surface area contributed by atoms with Crippen LogP contribution in [0.25, 0.3) is 0 Å². The SMILES string of the molecule is CCOc1ccc(C(=O)C[C@@]2(O)C(=O)N(Cc3ccccc3)c3ccccc32)cc1. The second-order valence-corrected chi connectivity index (χ2v) is 7.31. The number of hydrogen-bond acceptors (Lipinski definition) is 4. The molecule has 0 bridgehead atoms. The monoisotopic (exact) mass is 401 g/mol. The molecule has 5 nitrogen and oxygen atoms in total. The molecule has 0 fully saturated rings. The van der Waals surface area contributed by atoms with Crippen molar-refractivity contribution in [2.45, 2.75) is 25.5 Å². The number of fused-ring (bicyclic) bond motifs is 1. The van der Waals surface area contributed by atoms with E-state index in [0.29, 0.717) is 35.7 Å². The van der Waals surface area contributed by atoms with Crippen LogP contribution in [0.1, 0.15) is 34.8 Å². The molecule has 0 radical (unpaired) electrons. The van der Waals surface area contributed by atoms with E-state index >= 15 is 0 Å². The van der Waals surface area contributed by atoms with Gasteiger partial charge in [-0.05, 0) is 42.8 Å². The number of hydrogen-bond donors (Lipinski definition) is 1. The van der Waals surface area contributed by atoms with Crippen molar-refractivity contribution < 1.29 is 19.4 Å². The molecule has 1 heterocycles. The number of Topliss-reactive ketones (excluding diaryl/α,β-unsaturated/α-hetero) is 1. The van der Waals surface area contributed by atoms with Gasteiger partial charge < -0.3 is 14.7 Å². The number of ether oxygens (including phenoxy) is 1. The number of para-hydroxylation sites is 1. The minimum absolute atomic E-state index is 0.301. The predicted octanol–water partition coefficient (Wildman–Crippen LogP) is 4.09. The minimum Gasteiger partial charge on any atom is -0.494 e. The summed E-state index contributed by atoms with van der Waals surface area (Å²) in [4.78, 5) is 27.8. The molecule has 1 aliphatic heterocycles. The Labute approximate surface area is 175 Å². The average molecular weight is 401 g/mol. The Hall–Kier alpha value is -3.44. The largest absolute Gasteiger partial charge is 0.494 e. The minimum atomic E-state index is -1.89. The molecule has 152 valence electrons. The van der Waals surface area contributed by atoms with Crippen LogP contribution in [-0.2, 0) is 16.9 Å². The summed E-state index contributed by atoms with van der Waals surface area (Å²) >= 11 is 0. The molecule has 0 unspecified atom stereocenters. The van der Waals surface area contributed by atoms with E-state index in [2.05, 4.69) is 0 Å². The Bertz CT molecular complexity index is 1060. The Morgan fingerprint density at radius 2 is 1.63 bits per heavy atom. The Morgan fingerprint density at radius 3 is 2.33 bits per heavy atom. The predicted molar refractivity (Wildman–Crippen MR) is 115 cm³/mol. The summed E-state index contributed by atoms with van der Waals surface area (Å²) in [5, 5.41) is 11.4. The Kier molecular flexibility index (Phi) is 5.38. The van der Waals surface area contributed by atoms with Crippen molar-refractivity contribution in [3.63, 3.8) is 0 Å². The third-order valence-electron chi connectivity index (χ3n) is 5.33. The number of anilines is 1. The molecule has 3 aromatic rings. The number of carbonyl (C=O) groups is 2. The summed E-state index contributed by atoms with van der Waals surface area (Å²) in [5.74, 6) is -0.110. The lowest BCUT2D eigenvalue weighted by atomic mass is 9.88. The topological polar surface area (TPSA) is 66.8 Å². The maximum absolute atomic E-state index is 13.3. The second-order valence-electron chi connectivity index (χ2n) is 7.31. The van der Waals surface area contributed by atoms with Crippen molar-refractivity contribution in [1.82, 2.24) is 0 Å². The molecule has 30 heavy (non-hydrogen) atoms. The molecule has 0 saturated heterocycles. The third-order valence-corrected chi connectivity index (χ3v) is 5.33. The molecule has 1 aliphatic rings. The van der Waals surface area contributed by atoms with Gasteiger partial charge in [-0.1, -0.05) is 48.5 Å². The molecule has 1 amide bonds. The summed E-state index contributed by atoms with van der Waals surface area (Å²) in [6, 6.07) is 23.4. The number of nitrogens with zero attached hydrogens (tertiary/aromatic N) is 1. The van der Waals surface area contributed by atoms with Gasteiger partial charge in [0.05, 0.1) is 25.3 Å². The number of rotatable bonds is 7. The molecule has 1 atom stereocenters. The van der Waals surface area contributed by atoms with E-state index in [0.717, 1.165) is 5.56 Å². The summed E-state index contributed by atoms with van der Waals surface area (Å²) in [5.41, 5.74) is 0.584. The van der Waals surface area contributed by atoms with Gasteiger partial charge in [0.25, 0.3) is 5.91 Å². The van der Waals surface area contributed by atoms with E-state index in [1.807, 2.05) is 43.3 Å². The van der Waals surface area contributed by atoms with Crippen molar-refractivity contribution in [2.75, 3.05) is 11.5 Å². The highest BCUT2D eigenvalue weighted by atomic mass is 16.5. The lowest BCUT2D eigenvalue weighted by Gasteiger charge is -2.23. The molecule has 5 heteroatoms. The van der Waals surface area contributed by atoms with Gasteiger partial charge in [0.1, 0.15) is 5.75 Å². The van der Waals surface area contributed by atoms with Crippen LogP contribution in [-0.4, -0.2) is 23.4 Å². The van der Waals surface area contributed by atoms with Gasteiger partial charge in [-0.3, -0.25) is 9.59 Å². The van der Waals surface area contributed by atoms with E-state index in [1.165, 1.54) is 0 Å². The van der Waals surface area contributed by atoms with Crippen LogP contribution in [0.3, 0.4) is 0 Å². The fourth-order valence-electron chi connectivity index (χ4n) is 3.84. The van der Waals surface area contributed by atoms with Crippen molar-refractivity contribution in [3.05, 3.63) is 95.6 Å². The smallest absolute Gasteiger partial charge is 0.264 e. The van der Waals surface area contributed by atoms with Gasteiger partial charge in [-0.2, -0.15) is 0 Å². The molecular weight excluding hydrogens is 378 g/mol. The van der Waals surface area contributed by atoms with E-state index in [9.17, 15) is 14.7 Å². The molecular formula is C25H23NO4. The molecule has 0 spiro atoms. The van der Waals surface area contributed by atoms with Crippen LogP contribution in [0, 0.1) is 0 Å². The quantitative estimate of drug-likeness (QED) is 0.606. The van der Waals surface area contributed by atoms with Gasteiger partial charge in [-0.25, -0.2) is 0 Å². The standard InChI is InChI=1S/C25H23NO4/c1-2-30-20-14-12-19(13-15-20)23(27)16-25(29)21-10-6-7-11-22(21)26(24(25)28)17-18-8-4-3-5-9-18/h3-15,29H,2,16-17H2,1H3/t25-/m0/s1. The Balaban J connectivity index is 1.62. The van der Waals surface area contributed by atoms with Gasteiger partial charge in [0.15, 0.2) is 11.4 Å². The Morgan fingerprint density at radius 1 is 0.967 bits per heavy atom. The van der Waals surface area contributed by atoms with E-state index < -0.39 is 11.5 Å². The fraction of sp³-hybridized carbons (Fsp3) is 0.200. The van der Waals surface area contributed by atoms with Crippen molar-refractivity contribution in [3.8, 4) is 5.75 Å². The molecule has 0 saturated carbocycles. The first kappa shape index (κ1) is 19.9. The van der Waals surface area contributed by atoms with Crippen molar-refractivity contribution in [1.29, 1.82) is 0 Å². The van der Waals surface area contributed by atoms with Crippen LogP contribution in [0.4, 0.5) is 5.69 Å². The summed E-state index contributed by atoms with van der Waals surface area (Å²) < 4.78 is 5.41. The zero-order valence-electron chi connectivity index (χ0n) is 16.7. The van der Waals surface area contributed by atoms with Crippen LogP contribution in [0.2, 0.25) is 0 Å². The van der Waals surface area contributed by atoms with E-state index in [1.54, 1.807) is 47.4 Å². The maximum Gasteiger partial charge on any atom is 0.264 e. The highest BCUT2D eigenvalue weighted by Crippen LogP contribution is 2.43. The average Bonchev–Trinajstić information content (AvgIpc) is 2.97. The van der Waals surface area contributed by atoms with Crippen molar-refractivity contribution in [2.24, 2.45) is 0 Å². The first-order valence-electron chi connectivity index (χ1n) is 9.97. The van der Waals surface area contributed by atoms with Gasteiger partial charge >= 0.3 is 0 Å². The number of amides is 1. The highest BCUT2D eigenvalue weighted by molar-refractivity contribution is 6.10. The third kappa shape index (κ3) is 3.60. The van der Waals surface area contributed by atoms with Crippen molar-refractivity contribution >= 4 is 17.4 Å². The van der Waals surface area contributed by atoms with Crippen LogP contribution < -0.4 is 9.64 Å². The lowest BCUT2D eigenvalue weighted by molar-refractivity contribution is -0.136.